The summed E-state index contributed by atoms with van der Waals surface area (Å²) in [5.41, 5.74) is 19.7. The van der Waals surface area contributed by atoms with Gasteiger partial charge in [-0.25, -0.2) is 0 Å². The first kappa shape index (κ1) is 33.7. The molecule has 0 bridgehead atoms. The van der Waals surface area contributed by atoms with Crippen LogP contribution in [0.4, 0.5) is 17.1 Å². The van der Waals surface area contributed by atoms with Crippen LogP contribution in [0.3, 0.4) is 0 Å². The van der Waals surface area contributed by atoms with Gasteiger partial charge >= 0.3 is 23.0 Å². The number of nitrogen functional groups attached to an aromatic ring is 3. The molecule has 6 N–H and O–H groups in total. The lowest BCUT2D eigenvalue weighted by molar-refractivity contribution is 0.443. The minimum atomic E-state index is -3.99. The van der Waals surface area contributed by atoms with Gasteiger partial charge in [-0.1, -0.05) is 68.1 Å². The first-order valence-electron chi connectivity index (χ1n) is 15.6. The zero-order chi connectivity index (χ0) is 35.2. The molecule has 0 fully saturated rings. The van der Waals surface area contributed by atoms with Crippen molar-refractivity contribution in [2.45, 2.75) is 0 Å². The third kappa shape index (κ3) is 8.51. The van der Waals surface area contributed by atoms with Gasteiger partial charge < -0.3 is 44.3 Å². The second-order valence-corrected chi connectivity index (χ2v) is 17.1. The molecule has 6 aromatic rings. The van der Waals surface area contributed by atoms with Gasteiger partial charge in [0.05, 0.1) is 0 Å². The highest BCUT2D eigenvalue weighted by Gasteiger charge is 2.48. The Hall–Kier alpha value is -5.79. The predicted octanol–water partition coefficient (Wildman–Crippen LogP) is 11.1. The van der Waals surface area contributed by atoms with E-state index in [-0.39, 0.29) is 0 Å². The van der Waals surface area contributed by atoms with Gasteiger partial charge in [0, 0.05) is 17.1 Å². The fourth-order valence-corrected chi connectivity index (χ4v) is 13.7. The number of nitrogens with zero attached hydrogens (tertiary/aromatic N) is 3. The quantitative estimate of drug-likeness (QED) is 0.0816. The molecule has 0 saturated heterocycles. The molecule has 0 radical (unpaired) electrons. The lowest BCUT2D eigenvalue weighted by Gasteiger charge is -2.33. The molecule has 1 aliphatic heterocycles. The molecule has 0 unspecified atom stereocenters. The summed E-state index contributed by atoms with van der Waals surface area (Å²) < 4.78 is 55.9. The summed E-state index contributed by atoms with van der Waals surface area (Å²) in [6.45, 7) is 0. The van der Waals surface area contributed by atoms with Crippen LogP contribution in [0.5, 0.6) is 34.5 Å². The van der Waals surface area contributed by atoms with Crippen LogP contribution >= 0.6 is 23.0 Å². The number of rotatable bonds is 12. The molecule has 0 amide bonds. The van der Waals surface area contributed by atoms with E-state index < -0.39 is 23.0 Å². The van der Waals surface area contributed by atoms with Crippen molar-refractivity contribution in [3.8, 4) is 34.5 Å². The summed E-state index contributed by atoms with van der Waals surface area (Å²) in [4.78, 5) is 0. The molecule has 51 heavy (non-hydrogen) atoms. The van der Waals surface area contributed by atoms with Crippen LogP contribution in [-0.4, -0.2) is 0 Å². The van der Waals surface area contributed by atoms with E-state index in [1.165, 1.54) is 0 Å². The van der Waals surface area contributed by atoms with E-state index in [2.05, 4.69) is 0 Å². The van der Waals surface area contributed by atoms with Gasteiger partial charge in [0.1, 0.15) is 34.5 Å². The fourth-order valence-electron chi connectivity index (χ4n) is 4.61. The zero-order valence-corrected chi connectivity index (χ0v) is 29.6. The number of hydrogen-bond acceptors (Lipinski definition) is 12. The number of nitrogens with two attached hydrogens (primary N) is 3. The molecule has 258 valence electrons. The Morgan fingerprint density at radius 3 is 0.686 bits per heavy atom. The van der Waals surface area contributed by atoms with Crippen LogP contribution in [0.1, 0.15) is 0 Å². The maximum absolute atomic E-state index is 6.74. The topological polar surface area (TPSA) is 171 Å². The predicted molar refractivity (Wildman–Crippen MR) is 204 cm³/mol. The molecule has 0 spiro atoms. The summed E-state index contributed by atoms with van der Waals surface area (Å²) in [6.07, 6.45) is 0. The molecule has 0 atom stereocenters. The number of benzene rings is 6. The largest absolute Gasteiger partial charge is 0.460 e. The Labute approximate surface area is 295 Å². The lowest BCUT2D eigenvalue weighted by atomic mass is 10.3. The Kier molecular flexibility index (Phi) is 9.64. The van der Waals surface area contributed by atoms with E-state index in [9.17, 15) is 0 Å². The van der Waals surface area contributed by atoms with Gasteiger partial charge in [0.25, 0.3) is 0 Å². The molecule has 6 aromatic carbocycles. The van der Waals surface area contributed by atoms with Gasteiger partial charge in [-0.05, 0) is 109 Å². The Balaban J connectivity index is 1.56. The molecule has 0 aliphatic carbocycles. The second-order valence-electron chi connectivity index (χ2n) is 10.9. The van der Waals surface area contributed by atoms with Crippen molar-refractivity contribution in [3.63, 3.8) is 0 Å². The van der Waals surface area contributed by atoms with Crippen molar-refractivity contribution in [3.05, 3.63) is 164 Å². The first-order valence-corrected chi connectivity index (χ1v) is 20.2. The molecular weight excluding hydrogens is 705 g/mol. The number of anilines is 3. The third-order valence-corrected chi connectivity index (χ3v) is 15.0. The monoisotopic (exact) mass is 738 g/mol. The van der Waals surface area contributed by atoms with Crippen molar-refractivity contribution in [2.24, 2.45) is 13.5 Å². The highest BCUT2D eigenvalue weighted by molar-refractivity contribution is 7.79. The molecule has 0 saturated carbocycles. The van der Waals surface area contributed by atoms with Gasteiger partial charge in [0.2, 0.25) is 0 Å². The van der Waals surface area contributed by atoms with E-state index >= 15 is 0 Å². The standard InChI is InChI=1S/C36H33N6O6P3/c37-28-16-22-34(23-17-28)46-49(43-31-10-4-1-5-11-31)40-50(44-32-12-6-2-7-13-32,47-35-24-18-29(38)19-25-35)42-51(41-49,45-33-14-8-3-9-15-33)48-36-26-20-30(39)21-27-36/h1-27H,37-39H2. The van der Waals surface area contributed by atoms with Crippen LogP contribution in [0.2, 0.25) is 0 Å². The lowest BCUT2D eigenvalue weighted by Crippen LogP contribution is -2.11. The molecule has 0 aromatic heterocycles. The van der Waals surface area contributed by atoms with Crippen LogP contribution in [-0.2, 0) is 0 Å². The Bertz CT molecular complexity index is 1990. The van der Waals surface area contributed by atoms with Crippen molar-refractivity contribution < 1.29 is 27.1 Å². The van der Waals surface area contributed by atoms with E-state index in [0.717, 1.165) is 0 Å². The number of hydrogen-bond donors (Lipinski definition) is 3. The maximum Gasteiger partial charge on any atom is 0.460 e. The molecule has 1 aliphatic rings. The van der Waals surface area contributed by atoms with Gasteiger partial charge in [-0.3, -0.25) is 0 Å². The maximum atomic E-state index is 6.74. The van der Waals surface area contributed by atoms with Crippen molar-refractivity contribution in [1.29, 1.82) is 0 Å². The Morgan fingerprint density at radius 1 is 0.275 bits per heavy atom. The molecular formula is C36H33N6O6P3. The molecule has 15 heteroatoms. The Morgan fingerprint density at radius 2 is 0.471 bits per heavy atom. The summed E-state index contributed by atoms with van der Waals surface area (Å²) >= 11 is 0. The van der Waals surface area contributed by atoms with Gasteiger partial charge in [-0.2, -0.15) is 0 Å². The average molecular weight is 739 g/mol. The van der Waals surface area contributed by atoms with E-state index in [1.807, 2.05) is 54.6 Å². The van der Waals surface area contributed by atoms with Crippen LogP contribution in [0, 0.1) is 0 Å². The van der Waals surface area contributed by atoms with Gasteiger partial charge in [0.15, 0.2) is 0 Å². The molecule has 1 heterocycles. The van der Waals surface area contributed by atoms with Gasteiger partial charge in [-0.15, -0.1) is 0 Å². The molecule has 7 rings (SSSR count). The summed E-state index contributed by atoms with van der Waals surface area (Å²) in [5, 5.41) is 0. The minimum Gasteiger partial charge on any atom is -0.413 e. The third-order valence-electron chi connectivity index (χ3n) is 6.89. The van der Waals surface area contributed by atoms with Crippen LogP contribution < -0.4 is 44.3 Å². The highest BCUT2D eigenvalue weighted by atomic mass is 31.3. The SMILES string of the molecule is Nc1ccc(OP2(Oc3ccccc3)=NP(Oc3ccccc3)(Oc3ccc(N)cc3)=NP(Oc3ccccc3)(Oc3ccc(N)cc3)=N2)cc1. The first-order chi connectivity index (χ1) is 24.8. The smallest absolute Gasteiger partial charge is 0.413 e. The van der Waals surface area contributed by atoms with E-state index in [0.29, 0.717) is 51.6 Å². The highest BCUT2D eigenvalue weighted by Crippen LogP contribution is 2.78. The second kappa shape index (κ2) is 14.6. The minimum absolute atomic E-state index is 0.360. The number of para-hydroxylation sites is 3. The fraction of sp³-hybridized carbons (Fsp3) is 0. The normalized spacial score (nSPS) is 20.7. The summed E-state index contributed by atoms with van der Waals surface area (Å²) in [6, 6.07) is 47.5. The van der Waals surface area contributed by atoms with Crippen LogP contribution in [0.25, 0.3) is 0 Å². The summed E-state index contributed by atoms with van der Waals surface area (Å²) in [5.74, 6) is 2.30. The summed E-state index contributed by atoms with van der Waals surface area (Å²) in [7, 11) is -12.0. The van der Waals surface area contributed by atoms with Crippen molar-refractivity contribution >= 4 is 40.0 Å². The molecule has 12 nitrogen and oxygen atoms in total. The van der Waals surface area contributed by atoms with Crippen molar-refractivity contribution in [1.82, 2.24) is 0 Å². The van der Waals surface area contributed by atoms with E-state index in [4.69, 9.17) is 57.9 Å². The zero-order valence-electron chi connectivity index (χ0n) is 27.0. The van der Waals surface area contributed by atoms with Crippen LogP contribution in [0.15, 0.2) is 177 Å². The van der Waals surface area contributed by atoms with E-state index in [1.54, 1.807) is 109 Å². The average Bonchev–Trinajstić information content (AvgIpc) is 3.12. The van der Waals surface area contributed by atoms with Crippen molar-refractivity contribution in [2.75, 3.05) is 17.2 Å².